The van der Waals surface area contributed by atoms with E-state index in [9.17, 15) is 0 Å². The lowest BCUT2D eigenvalue weighted by molar-refractivity contribution is 0.450. The minimum absolute atomic E-state index is 0.410. The van der Waals surface area contributed by atoms with Crippen molar-refractivity contribution < 1.29 is 0 Å². The molecule has 0 aliphatic heterocycles. The first-order valence-corrected chi connectivity index (χ1v) is 5.39. The van der Waals surface area contributed by atoms with Crippen molar-refractivity contribution >= 4 is 0 Å². The second kappa shape index (κ2) is 4.06. The molecule has 4 nitrogen and oxygen atoms in total. The number of nitrogens with one attached hydrogen (secondary N) is 1. The van der Waals surface area contributed by atoms with E-state index in [1.807, 2.05) is 32.0 Å². The van der Waals surface area contributed by atoms with Gasteiger partial charge in [0.1, 0.15) is 5.82 Å². The molecule has 0 radical (unpaired) electrons. The number of hydrogen-bond donors (Lipinski definition) is 2. The monoisotopic (exact) mass is 216 g/mol. The van der Waals surface area contributed by atoms with Crippen molar-refractivity contribution in [2.45, 2.75) is 25.8 Å². The number of nitrogens with zero attached hydrogens (tertiary/aromatic N) is 2. The van der Waals surface area contributed by atoms with Crippen LogP contribution in [0.1, 0.15) is 26.1 Å². The topological polar surface area (TPSA) is 67.6 Å². The van der Waals surface area contributed by atoms with Gasteiger partial charge in [-0.25, -0.2) is 4.98 Å². The van der Waals surface area contributed by atoms with Gasteiger partial charge in [0.05, 0.1) is 23.1 Å². The predicted octanol–water partition coefficient (Wildman–Crippen LogP) is 2.06. The van der Waals surface area contributed by atoms with E-state index in [0.29, 0.717) is 0 Å². The summed E-state index contributed by atoms with van der Waals surface area (Å²) in [6.07, 6.45) is 4.37. The number of H-pyrrole nitrogens is 1. The third-order valence-electron chi connectivity index (χ3n) is 2.79. The lowest BCUT2D eigenvalue weighted by atomic mass is 10.0. The molecule has 16 heavy (non-hydrogen) atoms. The largest absolute Gasteiger partial charge is 0.339 e. The number of aromatic amines is 1. The molecule has 0 amide bonds. The summed E-state index contributed by atoms with van der Waals surface area (Å²) in [7, 11) is 0. The minimum atomic E-state index is -0.410. The normalized spacial score (nSPS) is 14.7. The lowest BCUT2D eigenvalue weighted by Gasteiger charge is -2.19. The zero-order valence-corrected chi connectivity index (χ0v) is 9.57. The van der Waals surface area contributed by atoms with E-state index < -0.39 is 5.54 Å². The Morgan fingerprint density at radius 2 is 2.19 bits per heavy atom. The molecule has 0 saturated carbocycles. The van der Waals surface area contributed by atoms with Gasteiger partial charge in [-0.05, 0) is 25.5 Å². The first kappa shape index (κ1) is 10.8. The summed E-state index contributed by atoms with van der Waals surface area (Å²) < 4.78 is 0. The molecule has 1 unspecified atom stereocenters. The van der Waals surface area contributed by atoms with Gasteiger partial charge >= 0.3 is 0 Å². The van der Waals surface area contributed by atoms with Gasteiger partial charge in [-0.2, -0.15) is 0 Å². The first-order chi connectivity index (χ1) is 7.63. The third kappa shape index (κ3) is 1.97. The molecule has 0 saturated heterocycles. The van der Waals surface area contributed by atoms with Crippen molar-refractivity contribution in [3.8, 4) is 11.4 Å². The maximum Gasteiger partial charge on any atom is 0.126 e. The van der Waals surface area contributed by atoms with Crippen molar-refractivity contribution in [2.75, 3.05) is 0 Å². The van der Waals surface area contributed by atoms with Crippen molar-refractivity contribution in [2.24, 2.45) is 5.73 Å². The summed E-state index contributed by atoms with van der Waals surface area (Å²) in [5.41, 5.74) is 7.49. The highest BCUT2D eigenvalue weighted by molar-refractivity contribution is 5.52. The lowest BCUT2D eigenvalue weighted by Crippen LogP contribution is -2.33. The van der Waals surface area contributed by atoms with Gasteiger partial charge in [-0.15, -0.1) is 0 Å². The van der Waals surface area contributed by atoms with E-state index in [1.54, 1.807) is 12.4 Å². The van der Waals surface area contributed by atoms with Gasteiger partial charge in [-0.1, -0.05) is 13.0 Å². The smallest absolute Gasteiger partial charge is 0.126 e. The number of imidazole rings is 1. The summed E-state index contributed by atoms with van der Waals surface area (Å²) >= 11 is 0. The predicted molar refractivity (Wildman–Crippen MR) is 63.6 cm³/mol. The average Bonchev–Trinajstić information content (AvgIpc) is 2.80. The molecule has 84 valence electrons. The SMILES string of the molecule is CCC(C)(N)c1ncc(-c2ccccn2)[nH]1. The molecule has 0 aliphatic carbocycles. The van der Waals surface area contributed by atoms with Crippen LogP contribution in [0.25, 0.3) is 11.4 Å². The second-order valence-electron chi connectivity index (χ2n) is 4.13. The van der Waals surface area contributed by atoms with Crippen LogP contribution in [0.2, 0.25) is 0 Å². The van der Waals surface area contributed by atoms with E-state index in [4.69, 9.17) is 5.73 Å². The van der Waals surface area contributed by atoms with Crippen LogP contribution in [0.15, 0.2) is 30.6 Å². The second-order valence-corrected chi connectivity index (χ2v) is 4.13. The van der Waals surface area contributed by atoms with E-state index >= 15 is 0 Å². The van der Waals surface area contributed by atoms with Gasteiger partial charge < -0.3 is 10.7 Å². The minimum Gasteiger partial charge on any atom is -0.339 e. The molecule has 0 aromatic carbocycles. The van der Waals surface area contributed by atoms with Crippen LogP contribution in [-0.2, 0) is 5.54 Å². The fraction of sp³-hybridized carbons (Fsp3) is 0.333. The number of hydrogen-bond acceptors (Lipinski definition) is 3. The average molecular weight is 216 g/mol. The quantitative estimate of drug-likeness (QED) is 0.825. The molecule has 0 aliphatic rings. The van der Waals surface area contributed by atoms with E-state index in [1.165, 1.54) is 0 Å². The zero-order valence-electron chi connectivity index (χ0n) is 9.57. The highest BCUT2D eigenvalue weighted by atomic mass is 15.0. The van der Waals surface area contributed by atoms with Crippen LogP contribution in [0.3, 0.4) is 0 Å². The Morgan fingerprint density at radius 3 is 2.81 bits per heavy atom. The van der Waals surface area contributed by atoms with Crippen LogP contribution in [-0.4, -0.2) is 15.0 Å². The zero-order chi connectivity index (χ0) is 11.6. The Kier molecular flexibility index (Phi) is 2.75. The highest BCUT2D eigenvalue weighted by Crippen LogP contribution is 2.21. The molecule has 2 rings (SSSR count). The van der Waals surface area contributed by atoms with Gasteiger partial charge in [-0.3, -0.25) is 4.98 Å². The van der Waals surface area contributed by atoms with Gasteiger partial charge in [0.15, 0.2) is 0 Å². The molecule has 2 aromatic heterocycles. The van der Waals surface area contributed by atoms with Crippen LogP contribution < -0.4 is 5.73 Å². The van der Waals surface area contributed by atoms with Crippen LogP contribution in [0.5, 0.6) is 0 Å². The molecule has 4 heteroatoms. The highest BCUT2D eigenvalue weighted by Gasteiger charge is 2.22. The fourth-order valence-electron chi connectivity index (χ4n) is 1.43. The number of nitrogens with two attached hydrogens (primary N) is 1. The fourth-order valence-corrected chi connectivity index (χ4v) is 1.43. The van der Waals surface area contributed by atoms with Crippen LogP contribution in [0, 0.1) is 0 Å². The van der Waals surface area contributed by atoms with Gasteiger partial charge in [0.25, 0.3) is 0 Å². The Balaban J connectivity index is 2.34. The maximum absolute atomic E-state index is 6.11. The standard InChI is InChI=1S/C12H16N4/c1-3-12(2,13)11-15-8-10(16-11)9-6-4-5-7-14-9/h4-8H,3,13H2,1-2H3,(H,15,16). The Labute approximate surface area is 94.9 Å². The van der Waals surface area contributed by atoms with Crippen molar-refractivity contribution in [1.82, 2.24) is 15.0 Å². The molecule has 0 spiro atoms. The van der Waals surface area contributed by atoms with Gasteiger partial charge in [0, 0.05) is 6.20 Å². The molecule has 1 atom stereocenters. The number of aromatic nitrogens is 3. The Hall–Kier alpha value is -1.68. The van der Waals surface area contributed by atoms with Crippen LogP contribution in [0.4, 0.5) is 0 Å². The first-order valence-electron chi connectivity index (χ1n) is 5.39. The summed E-state index contributed by atoms with van der Waals surface area (Å²) in [5, 5.41) is 0. The molecule has 0 fully saturated rings. The van der Waals surface area contributed by atoms with E-state index in [2.05, 4.69) is 15.0 Å². The molecular formula is C12H16N4. The van der Waals surface area contributed by atoms with Crippen LogP contribution >= 0.6 is 0 Å². The van der Waals surface area contributed by atoms with E-state index in [0.717, 1.165) is 23.6 Å². The molecular weight excluding hydrogens is 200 g/mol. The summed E-state index contributed by atoms with van der Waals surface area (Å²) in [4.78, 5) is 11.8. The molecule has 2 heterocycles. The molecule has 2 aromatic rings. The summed E-state index contributed by atoms with van der Waals surface area (Å²) in [6, 6.07) is 5.78. The van der Waals surface area contributed by atoms with E-state index in [-0.39, 0.29) is 0 Å². The molecule has 3 N–H and O–H groups in total. The number of rotatable bonds is 3. The number of pyridine rings is 1. The maximum atomic E-state index is 6.11. The summed E-state index contributed by atoms with van der Waals surface area (Å²) in [5.74, 6) is 0.802. The van der Waals surface area contributed by atoms with Crippen molar-refractivity contribution in [3.05, 3.63) is 36.4 Å². The molecule has 0 bridgehead atoms. The van der Waals surface area contributed by atoms with Crippen molar-refractivity contribution in [3.63, 3.8) is 0 Å². The third-order valence-corrected chi connectivity index (χ3v) is 2.79. The van der Waals surface area contributed by atoms with Crippen molar-refractivity contribution in [1.29, 1.82) is 0 Å². The Bertz CT molecular complexity index is 459. The summed E-state index contributed by atoms with van der Waals surface area (Å²) in [6.45, 7) is 4.01. The van der Waals surface area contributed by atoms with Gasteiger partial charge in [0.2, 0.25) is 0 Å². The Morgan fingerprint density at radius 1 is 1.38 bits per heavy atom.